The third-order valence-electron chi connectivity index (χ3n) is 3.03. The number of nitrogens with zero attached hydrogens (tertiary/aromatic N) is 1. The zero-order valence-corrected chi connectivity index (χ0v) is 12.4. The average Bonchev–Trinajstić information content (AvgIpc) is 2.33. The van der Waals surface area contributed by atoms with Gasteiger partial charge in [0.1, 0.15) is 0 Å². The largest absolute Gasteiger partial charge is 0.383 e. The van der Waals surface area contributed by atoms with Crippen molar-refractivity contribution in [3.8, 4) is 0 Å². The van der Waals surface area contributed by atoms with Crippen molar-refractivity contribution in [3.05, 3.63) is 0 Å². The molecule has 17 heavy (non-hydrogen) atoms. The van der Waals surface area contributed by atoms with Crippen molar-refractivity contribution in [2.24, 2.45) is 5.92 Å². The lowest BCUT2D eigenvalue weighted by Gasteiger charge is -2.28. The molecule has 1 N–H and O–H groups in total. The molecule has 1 fully saturated rings. The first-order chi connectivity index (χ1) is 8.22. The molecule has 1 saturated heterocycles. The Morgan fingerprint density at radius 2 is 2.24 bits per heavy atom. The molecule has 0 aromatic rings. The van der Waals surface area contributed by atoms with E-state index in [2.05, 4.69) is 35.8 Å². The maximum atomic E-state index is 5.18. The molecule has 0 bridgehead atoms. The molecule has 0 spiro atoms. The van der Waals surface area contributed by atoms with Crippen molar-refractivity contribution in [1.82, 2.24) is 10.2 Å². The highest BCUT2D eigenvalue weighted by molar-refractivity contribution is 7.99. The average molecular weight is 260 g/mol. The molecule has 0 radical (unpaired) electrons. The SMILES string of the molecule is COCCN(CCC1CSCCN1)CC(C)C. The minimum atomic E-state index is 0.714. The maximum Gasteiger partial charge on any atom is 0.0589 e. The van der Waals surface area contributed by atoms with E-state index >= 15 is 0 Å². The van der Waals surface area contributed by atoms with Gasteiger partial charge in [-0.25, -0.2) is 0 Å². The summed E-state index contributed by atoms with van der Waals surface area (Å²) in [6, 6.07) is 0.714. The third kappa shape index (κ3) is 7.29. The lowest BCUT2D eigenvalue weighted by molar-refractivity contribution is 0.137. The monoisotopic (exact) mass is 260 g/mol. The minimum absolute atomic E-state index is 0.714. The van der Waals surface area contributed by atoms with Crippen LogP contribution in [-0.2, 0) is 4.74 Å². The van der Waals surface area contributed by atoms with Crippen LogP contribution in [0, 0.1) is 5.92 Å². The van der Waals surface area contributed by atoms with E-state index < -0.39 is 0 Å². The van der Waals surface area contributed by atoms with Gasteiger partial charge in [-0.05, 0) is 18.9 Å². The van der Waals surface area contributed by atoms with Crippen LogP contribution >= 0.6 is 11.8 Å². The lowest BCUT2D eigenvalue weighted by atomic mass is 10.1. The lowest BCUT2D eigenvalue weighted by Crippen LogP contribution is -2.41. The van der Waals surface area contributed by atoms with Crippen LogP contribution in [0.1, 0.15) is 20.3 Å². The summed E-state index contributed by atoms with van der Waals surface area (Å²) in [6.07, 6.45) is 1.27. The van der Waals surface area contributed by atoms with Crippen LogP contribution in [-0.4, -0.2) is 62.3 Å². The van der Waals surface area contributed by atoms with Crippen LogP contribution in [0.5, 0.6) is 0 Å². The van der Waals surface area contributed by atoms with Crippen LogP contribution in [0.25, 0.3) is 0 Å². The van der Waals surface area contributed by atoms with Crippen molar-refractivity contribution >= 4 is 11.8 Å². The molecule has 1 aliphatic rings. The van der Waals surface area contributed by atoms with E-state index in [0.29, 0.717) is 6.04 Å². The Bertz CT molecular complexity index is 184. The van der Waals surface area contributed by atoms with E-state index in [9.17, 15) is 0 Å². The van der Waals surface area contributed by atoms with Crippen LogP contribution in [0.4, 0.5) is 0 Å². The molecular weight excluding hydrogens is 232 g/mol. The first-order valence-corrected chi connectivity index (χ1v) is 7.90. The minimum Gasteiger partial charge on any atom is -0.383 e. The van der Waals surface area contributed by atoms with Crippen molar-refractivity contribution < 1.29 is 4.74 Å². The molecule has 1 rings (SSSR count). The number of thioether (sulfide) groups is 1. The summed E-state index contributed by atoms with van der Waals surface area (Å²) in [6.45, 7) is 10.0. The fraction of sp³-hybridized carbons (Fsp3) is 1.00. The smallest absolute Gasteiger partial charge is 0.0589 e. The highest BCUT2D eigenvalue weighted by atomic mass is 32.2. The second-order valence-electron chi connectivity index (χ2n) is 5.20. The number of methoxy groups -OCH3 is 1. The number of hydrogen-bond donors (Lipinski definition) is 1. The zero-order valence-electron chi connectivity index (χ0n) is 11.6. The molecule has 1 heterocycles. The van der Waals surface area contributed by atoms with Crippen molar-refractivity contribution in [1.29, 1.82) is 0 Å². The Hall–Kier alpha value is 0.230. The summed E-state index contributed by atoms with van der Waals surface area (Å²) >= 11 is 2.08. The van der Waals surface area contributed by atoms with E-state index in [4.69, 9.17) is 4.74 Å². The Kier molecular flexibility index (Phi) is 8.27. The quantitative estimate of drug-likeness (QED) is 0.718. The van der Waals surface area contributed by atoms with Crippen LogP contribution < -0.4 is 5.32 Å². The summed E-state index contributed by atoms with van der Waals surface area (Å²) in [5, 5.41) is 3.61. The molecule has 0 aromatic heterocycles. The van der Waals surface area contributed by atoms with Gasteiger partial charge in [-0.3, -0.25) is 0 Å². The molecule has 0 aromatic carbocycles. The fourth-order valence-electron chi connectivity index (χ4n) is 2.17. The Labute approximate surface area is 111 Å². The summed E-state index contributed by atoms with van der Waals surface area (Å²) in [5.41, 5.74) is 0. The van der Waals surface area contributed by atoms with Gasteiger partial charge in [0, 0.05) is 44.3 Å². The molecule has 3 nitrogen and oxygen atoms in total. The van der Waals surface area contributed by atoms with Crippen molar-refractivity contribution in [2.45, 2.75) is 26.3 Å². The first kappa shape index (κ1) is 15.3. The Balaban J connectivity index is 2.21. The molecule has 1 unspecified atom stereocenters. The van der Waals surface area contributed by atoms with Crippen molar-refractivity contribution in [3.63, 3.8) is 0 Å². The first-order valence-electron chi connectivity index (χ1n) is 6.74. The maximum absolute atomic E-state index is 5.18. The molecule has 1 aliphatic heterocycles. The molecular formula is C13H28N2OS. The summed E-state index contributed by atoms with van der Waals surface area (Å²) in [7, 11) is 1.78. The molecule has 4 heteroatoms. The summed E-state index contributed by atoms with van der Waals surface area (Å²) in [4.78, 5) is 2.54. The highest BCUT2D eigenvalue weighted by Crippen LogP contribution is 2.11. The van der Waals surface area contributed by atoms with Gasteiger partial charge < -0.3 is 15.0 Å². The normalized spacial score (nSPS) is 21.4. The van der Waals surface area contributed by atoms with Gasteiger partial charge in [0.05, 0.1) is 6.61 Å². The second-order valence-corrected chi connectivity index (χ2v) is 6.35. The predicted molar refractivity (Wildman–Crippen MR) is 76.9 cm³/mol. The molecule has 102 valence electrons. The molecule has 1 atom stereocenters. The standard InChI is InChI=1S/C13H28N2OS/c1-12(2)10-15(7-8-16-3)6-4-13-11-17-9-5-14-13/h12-14H,4-11H2,1-3H3. The van der Waals surface area contributed by atoms with Crippen LogP contribution in [0.15, 0.2) is 0 Å². The summed E-state index contributed by atoms with van der Waals surface area (Å²) < 4.78 is 5.18. The van der Waals surface area contributed by atoms with Gasteiger partial charge in [0.2, 0.25) is 0 Å². The van der Waals surface area contributed by atoms with Crippen LogP contribution in [0.3, 0.4) is 0 Å². The van der Waals surface area contributed by atoms with Gasteiger partial charge in [-0.2, -0.15) is 11.8 Å². The predicted octanol–water partition coefficient (Wildman–Crippen LogP) is 1.69. The third-order valence-corrected chi connectivity index (χ3v) is 4.16. The van der Waals surface area contributed by atoms with Gasteiger partial charge in [-0.1, -0.05) is 13.8 Å². The van der Waals surface area contributed by atoms with Crippen LogP contribution in [0.2, 0.25) is 0 Å². The van der Waals surface area contributed by atoms with E-state index in [1.165, 1.54) is 37.6 Å². The number of rotatable bonds is 8. The van der Waals surface area contributed by atoms with Gasteiger partial charge in [0.25, 0.3) is 0 Å². The van der Waals surface area contributed by atoms with E-state index in [1.54, 1.807) is 7.11 Å². The number of ether oxygens (including phenoxy) is 1. The van der Waals surface area contributed by atoms with E-state index in [1.807, 2.05) is 0 Å². The van der Waals surface area contributed by atoms with Gasteiger partial charge >= 0.3 is 0 Å². The fourth-order valence-corrected chi connectivity index (χ4v) is 3.17. The second kappa shape index (κ2) is 9.20. The van der Waals surface area contributed by atoms with E-state index in [-0.39, 0.29) is 0 Å². The Morgan fingerprint density at radius 1 is 1.41 bits per heavy atom. The molecule has 0 aliphatic carbocycles. The van der Waals surface area contributed by atoms with E-state index in [0.717, 1.165) is 19.1 Å². The Morgan fingerprint density at radius 3 is 2.82 bits per heavy atom. The molecule has 0 amide bonds. The number of nitrogens with one attached hydrogen (secondary N) is 1. The number of hydrogen-bond acceptors (Lipinski definition) is 4. The van der Waals surface area contributed by atoms with Gasteiger partial charge in [0.15, 0.2) is 0 Å². The van der Waals surface area contributed by atoms with Gasteiger partial charge in [-0.15, -0.1) is 0 Å². The topological polar surface area (TPSA) is 24.5 Å². The molecule has 0 saturated carbocycles. The van der Waals surface area contributed by atoms with Crippen molar-refractivity contribution in [2.75, 3.05) is 51.4 Å². The summed E-state index contributed by atoms with van der Waals surface area (Å²) in [5.74, 6) is 3.29. The highest BCUT2D eigenvalue weighted by Gasteiger charge is 2.15. The zero-order chi connectivity index (χ0) is 12.5.